The molecule has 2 rings (SSSR count). The molecule has 0 unspecified atom stereocenters. The first-order valence-electron chi connectivity index (χ1n) is 6.09. The quantitative estimate of drug-likeness (QED) is 0.760. The molecule has 21 heavy (non-hydrogen) atoms. The number of benzene rings is 2. The number of hydrogen-bond acceptors (Lipinski definition) is 4. The minimum atomic E-state index is -3.94. The number of phenolic OH excluding ortho intramolecular Hbond substituents is 1. The Hall–Kier alpha value is -2.28. The van der Waals surface area contributed by atoms with Crippen LogP contribution in [-0.4, -0.2) is 13.5 Å². The van der Waals surface area contributed by atoms with Crippen molar-refractivity contribution in [2.24, 2.45) is 0 Å². The largest absolute Gasteiger partial charge is 0.508 e. The van der Waals surface area contributed by atoms with Crippen LogP contribution in [-0.2, 0) is 10.0 Å². The number of aryl methyl sites for hydroxylation is 1. The highest BCUT2D eigenvalue weighted by atomic mass is 32.2. The SMILES string of the molecule is Cc1cc(F)c(N)c(C)c1S(=O)(=O)Nc1cccc(O)c1. The highest BCUT2D eigenvalue weighted by molar-refractivity contribution is 7.92. The molecule has 4 N–H and O–H groups in total. The number of anilines is 2. The molecule has 0 saturated carbocycles. The summed E-state index contributed by atoms with van der Waals surface area (Å²) < 4.78 is 40.7. The van der Waals surface area contributed by atoms with Crippen LogP contribution in [0.2, 0.25) is 0 Å². The number of rotatable bonds is 3. The van der Waals surface area contributed by atoms with Crippen LogP contribution < -0.4 is 10.5 Å². The van der Waals surface area contributed by atoms with E-state index >= 15 is 0 Å². The highest BCUT2D eigenvalue weighted by Crippen LogP contribution is 2.29. The number of nitrogens with two attached hydrogens (primary N) is 1. The molecule has 0 saturated heterocycles. The van der Waals surface area contributed by atoms with Crippen molar-refractivity contribution in [2.75, 3.05) is 10.5 Å². The minimum absolute atomic E-state index is 0.0651. The Labute approximate surface area is 122 Å². The van der Waals surface area contributed by atoms with Crippen LogP contribution in [0.5, 0.6) is 5.75 Å². The molecule has 0 atom stereocenters. The van der Waals surface area contributed by atoms with Gasteiger partial charge in [0.1, 0.15) is 11.6 Å². The topological polar surface area (TPSA) is 92.4 Å². The highest BCUT2D eigenvalue weighted by Gasteiger charge is 2.23. The molecule has 0 aromatic heterocycles. The lowest BCUT2D eigenvalue weighted by atomic mass is 10.1. The zero-order chi connectivity index (χ0) is 15.8. The summed E-state index contributed by atoms with van der Waals surface area (Å²) in [6, 6.07) is 6.78. The van der Waals surface area contributed by atoms with Crippen molar-refractivity contribution in [1.29, 1.82) is 0 Å². The smallest absolute Gasteiger partial charge is 0.262 e. The Balaban J connectivity index is 2.53. The Morgan fingerprint density at radius 2 is 1.90 bits per heavy atom. The lowest BCUT2D eigenvalue weighted by Crippen LogP contribution is -2.17. The van der Waals surface area contributed by atoms with Crippen LogP contribution in [0.1, 0.15) is 11.1 Å². The lowest BCUT2D eigenvalue weighted by molar-refractivity contribution is 0.475. The summed E-state index contributed by atoms with van der Waals surface area (Å²) >= 11 is 0. The van der Waals surface area contributed by atoms with Crippen molar-refractivity contribution in [3.8, 4) is 5.75 Å². The summed E-state index contributed by atoms with van der Waals surface area (Å²) in [5, 5.41) is 9.37. The third-order valence-corrected chi connectivity index (χ3v) is 4.74. The van der Waals surface area contributed by atoms with Crippen molar-refractivity contribution < 1.29 is 17.9 Å². The maximum atomic E-state index is 13.5. The van der Waals surface area contributed by atoms with Crippen LogP contribution in [0.15, 0.2) is 35.2 Å². The maximum absolute atomic E-state index is 13.5. The monoisotopic (exact) mass is 310 g/mol. The fraction of sp³-hybridized carbons (Fsp3) is 0.143. The molecule has 0 aliphatic rings. The molecule has 0 radical (unpaired) electrons. The average Bonchev–Trinajstić information content (AvgIpc) is 2.35. The lowest BCUT2D eigenvalue weighted by Gasteiger charge is -2.15. The first kappa shape index (κ1) is 15.1. The molecular weight excluding hydrogens is 295 g/mol. The van der Waals surface area contributed by atoms with Crippen molar-refractivity contribution in [3.63, 3.8) is 0 Å². The molecular formula is C14H15FN2O3S. The maximum Gasteiger partial charge on any atom is 0.262 e. The van der Waals surface area contributed by atoms with Crippen LogP contribution in [0.4, 0.5) is 15.8 Å². The molecule has 112 valence electrons. The first-order chi connectivity index (χ1) is 9.72. The number of phenols is 1. The van der Waals surface area contributed by atoms with Gasteiger partial charge in [-0.15, -0.1) is 0 Å². The van der Waals surface area contributed by atoms with Gasteiger partial charge >= 0.3 is 0 Å². The van der Waals surface area contributed by atoms with Gasteiger partial charge in [-0.1, -0.05) is 6.07 Å². The van der Waals surface area contributed by atoms with E-state index in [0.717, 1.165) is 6.07 Å². The number of nitrogens with one attached hydrogen (secondary N) is 1. The van der Waals surface area contributed by atoms with E-state index in [9.17, 15) is 17.9 Å². The van der Waals surface area contributed by atoms with Gasteiger partial charge in [0.25, 0.3) is 10.0 Å². The molecule has 0 amide bonds. The van der Waals surface area contributed by atoms with E-state index in [0.29, 0.717) is 0 Å². The third-order valence-electron chi connectivity index (χ3n) is 3.07. The summed E-state index contributed by atoms with van der Waals surface area (Å²) in [6.45, 7) is 2.94. The number of nitrogen functional groups attached to an aromatic ring is 1. The standard InChI is InChI=1S/C14H15FN2O3S/c1-8-6-12(15)13(16)9(2)14(8)21(19,20)17-10-4-3-5-11(18)7-10/h3-7,17-18H,16H2,1-2H3. The Kier molecular flexibility index (Phi) is 3.78. The fourth-order valence-corrected chi connectivity index (χ4v) is 3.65. The van der Waals surface area contributed by atoms with E-state index in [-0.39, 0.29) is 33.1 Å². The van der Waals surface area contributed by atoms with Crippen LogP contribution >= 0.6 is 0 Å². The minimum Gasteiger partial charge on any atom is -0.508 e. The van der Waals surface area contributed by atoms with E-state index in [1.807, 2.05) is 0 Å². The van der Waals surface area contributed by atoms with Crippen LogP contribution in [0.25, 0.3) is 0 Å². The molecule has 2 aromatic carbocycles. The Morgan fingerprint density at radius 3 is 2.52 bits per heavy atom. The van der Waals surface area contributed by atoms with Crippen molar-refractivity contribution in [1.82, 2.24) is 0 Å². The van der Waals surface area contributed by atoms with E-state index < -0.39 is 15.8 Å². The predicted molar refractivity (Wildman–Crippen MR) is 79.2 cm³/mol. The summed E-state index contributed by atoms with van der Waals surface area (Å²) in [5.41, 5.74) is 5.98. The third kappa shape index (κ3) is 2.92. The van der Waals surface area contributed by atoms with Gasteiger partial charge in [0.05, 0.1) is 16.3 Å². The van der Waals surface area contributed by atoms with Gasteiger partial charge in [-0.05, 0) is 43.2 Å². The van der Waals surface area contributed by atoms with Gasteiger partial charge in [0.2, 0.25) is 0 Å². The number of aromatic hydroxyl groups is 1. The zero-order valence-corrected chi connectivity index (χ0v) is 12.3. The number of hydrogen-bond donors (Lipinski definition) is 3. The van der Waals surface area contributed by atoms with E-state index in [1.54, 1.807) is 0 Å². The predicted octanol–water partition coefficient (Wildman–Crippen LogP) is 2.53. The van der Waals surface area contributed by atoms with Crippen LogP contribution in [0.3, 0.4) is 0 Å². The second kappa shape index (κ2) is 5.25. The Morgan fingerprint density at radius 1 is 1.24 bits per heavy atom. The molecule has 5 nitrogen and oxygen atoms in total. The molecule has 0 fully saturated rings. The zero-order valence-electron chi connectivity index (χ0n) is 11.5. The van der Waals surface area contributed by atoms with Gasteiger partial charge in [0.15, 0.2) is 0 Å². The fourth-order valence-electron chi connectivity index (χ4n) is 2.12. The van der Waals surface area contributed by atoms with Gasteiger partial charge in [-0.25, -0.2) is 12.8 Å². The normalized spacial score (nSPS) is 11.4. The van der Waals surface area contributed by atoms with Crippen molar-refractivity contribution >= 4 is 21.4 Å². The van der Waals surface area contributed by atoms with Crippen LogP contribution in [0, 0.1) is 19.7 Å². The molecule has 0 bridgehead atoms. The Bertz CT molecular complexity index is 804. The van der Waals surface area contributed by atoms with Crippen molar-refractivity contribution in [2.45, 2.75) is 18.7 Å². The summed E-state index contributed by atoms with van der Waals surface area (Å²) in [4.78, 5) is -0.0651. The molecule has 0 aliphatic carbocycles. The van der Waals surface area contributed by atoms with Gasteiger partial charge < -0.3 is 10.8 Å². The summed E-state index contributed by atoms with van der Waals surface area (Å²) in [5.74, 6) is -0.719. The molecule has 0 spiro atoms. The van der Waals surface area contributed by atoms with Gasteiger partial charge in [0, 0.05) is 6.07 Å². The molecule has 7 heteroatoms. The number of sulfonamides is 1. The number of halogens is 1. The summed E-state index contributed by atoms with van der Waals surface area (Å²) in [7, 11) is -3.94. The van der Waals surface area contributed by atoms with Gasteiger partial charge in [-0.3, -0.25) is 4.72 Å². The second-order valence-corrected chi connectivity index (χ2v) is 6.32. The summed E-state index contributed by atoms with van der Waals surface area (Å²) in [6.07, 6.45) is 0. The second-order valence-electron chi connectivity index (χ2n) is 4.70. The average molecular weight is 310 g/mol. The van der Waals surface area contributed by atoms with E-state index in [1.165, 1.54) is 38.1 Å². The molecule has 0 heterocycles. The molecule has 2 aromatic rings. The van der Waals surface area contributed by atoms with E-state index in [4.69, 9.17) is 5.73 Å². The van der Waals surface area contributed by atoms with Crippen molar-refractivity contribution in [3.05, 3.63) is 47.3 Å². The van der Waals surface area contributed by atoms with Gasteiger partial charge in [-0.2, -0.15) is 0 Å². The van der Waals surface area contributed by atoms with E-state index in [2.05, 4.69) is 4.72 Å². The first-order valence-corrected chi connectivity index (χ1v) is 7.57. The molecule has 0 aliphatic heterocycles.